The molecule has 4 heteroatoms. The smallest absolute Gasteiger partial charge is 0.119 e. The molecule has 1 aromatic rings. The quantitative estimate of drug-likeness (QED) is 0.650. The van der Waals surface area contributed by atoms with E-state index in [9.17, 15) is 0 Å². The number of aliphatic hydroxyl groups excluding tert-OH is 1. The van der Waals surface area contributed by atoms with Crippen molar-refractivity contribution < 1.29 is 14.6 Å². The van der Waals surface area contributed by atoms with E-state index >= 15 is 0 Å². The van der Waals surface area contributed by atoms with Crippen LogP contribution >= 0.6 is 0 Å². The zero-order chi connectivity index (χ0) is 13.2. The van der Waals surface area contributed by atoms with Crippen LogP contribution in [0.2, 0.25) is 0 Å². The minimum Gasteiger partial charge on any atom is -0.491 e. The average molecular weight is 253 g/mol. The van der Waals surface area contributed by atoms with Crippen molar-refractivity contribution in [3.05, 3.63) is 29.8 Å². The topological polar surface area (TPSA) is 50.7 Å². The van der Waals surface area contributed by atoms with Gasteiger partial charge in [0, 0.05) is 6.04 Å². The van der Waals surface area contributed by atoms with E-state index in [-0.39, 0.29) is 6.61 Å². The molecule has 0 aromatic heterocycles. The summed E-state index contributed by atoms with van der Waals surface area (Å²) in [5, 5.41) is 11.7. The van der Waals surface area contributed by atoms with Crippen molar-refractivity contribution in [2.45, 2.75) is 19.4 Å². The Morgan fingerprint density at radius 1 is 1.17 bits per heavy atom. The average Bonchev–Trinajstić information content (AvgIpc) is 2.40. The lowest BCUT2D eigenvalue weighted by Crippen LogP contribution is -2.23. The second kappa shape index (κ2) is 8.91. The summed E-state index contributed by atoms with van der Waals surface area (Å²) in [5.41, 5.74) is 1.29. The maximum absolute atomic E-state index is 8.53. The van der Waals surface area contributed by atoms with Crippen LogP contribution in [-0.4, -0.2) is 44.6 Å². The Morgan fingerprint density at radius 2 is 1.89 bits per heavy atom. The lowest BCUT2D eigenvalue weighted by Gasteiger charge is -2.11. The molecule has 0 radical (unpaired) electrons. The van der Waals surface area contributed by atoms with Crippen LogP contribution < -0.4 is 10.1 Å². The van der Waals surface area contributed by atoms with Crippen molar-refractivity contribution in [2.75, 3.05) is 33.5 Å². The number of hydrogen-bond acceptors (Lipinski definition) is 4. The summed E-state index contributed by atoms with van der Waals surface area (Å²) in [6.07, 6.45) is 1.01. The molecule has 0 spiro atoms. The van der Waals surface area contributed by atoms with Gasteiger partial charge in [-0.15, -0.1) is 0 Å². The molecule has 0 saturated heterocycles. The maximum Gasteiger partial charge on any atom is 0.119 e. The highest BCUT2D eigenvalue weighted by Crippen LogP contribution is 2.13. The molecule has 0 fully saturated rings. The van der Waals surface area contributed by atoms with E-state index in [1.807, 2.05) is 19.2 Å². The summed E-state index contributed by atoms with van der Waals surface area (Å²) < 4.78 is 10.6. The Kier molecular flexibility index (Phi) is 7.41. The van der Waals surface area contributed by atoms with Crippen molar-refractivity contribution >= 4 is 0 Å². The Labute approximate surface area is 109 Å². The van der Waals surface area contributed by atoms with Crippen molar-refractivity contribution in [2.24, 2.45) is 0 Å². The number of nitrogens with one attached hydrogen (secondary N) is 1. The van der Waals surface area contributed by atoms with E-state index in [1.54, 1.807) is 0 Å². The normalized spacial score (nSPS) is 12.4. The number of likely N-dealkylation sites (N-methyl/N-ethyl adjacent to an activating group) is 1. The highest BCUT2D eigenvalue weighted by atomic mass is 16.5. The molecule has 1 aromatic carbocycles. The predicted molar refractivity (Wildman–Crippen MR) is 72.1 cm³/mol. The largest absolute Gasteiger partial charge is 0.491 e. The van der Waals surface area contributed by atoms with Crippen LogP contribution in [0.1, 0.15) is 12.5 Å². The molecule has 0 aliphatic rings. The zero-order valence-electron chi connectivity index (χ0n) is 11.2. The molecule has 0 aliphatic heterocycles. The summed E-state index contributed by atoms with van der Waals surface area (Å²) in [6.45, 7) is 3.58. The fraction of sp³-hybridized carbons (Fsp3) is 0.571. The van der Waals surface area contributed by atoms with Gasteiger partial charge in [-0.3, -0.25) is 0 Å². The molecule has 4 nitrogen and oxygen atoms in total. The van der Waals surface area contributed by atoms with Gasteiger partial charge in [-0.2, -0.15) is 0 Å². The van der Waals surface area contributed by atoms with Gasteiger partial charge in [-0.05, 0) is 38.1 Å². The van der Waals surface area contributed by atoms with Gasteiger partial charge in [0.1, 0.15) is 12.4 Å². The van der Waals surface area contributed by atoms with Crippen molar-refractivity contribution in [1.29, 1.82) is 0 Å². The second-order valence-corrected chi connectivity index (χ2v) is 4.22. The number of ether oxygens (including phenoxy) is 2. The molecule has 0 amide bonds. The molecule has 0 bridgehead atoms. The number of benzene rings is 1. The van der Waals surface area contributed by atoms with Crippen LogP contribution in [0.5, 0.6) is 5.75 Å². The van der Waals surface area contributed by atoms with E-state index < -0.39 is 0 Å². The molecule has 1 unspecified atom stereocenters. The van der Waals surface area contributed by atoms with E-state index in [0.717, 1.165) is 12.2 Å². The lowest BCUT2D eigenvalue weighted by atomic mass is 10.1. The number of rotatable bonds is 9. The van der Waals surface area contributed by atoms with Gasteiger partial charge < -0.3 is 19.9 Å². The third kappa shape index (κ3) is 6.00. The monoisotopic (exact) mass is 253 g/mol. The van der Waals surface area contributed by atoms with Gasteiger partial charge >= 0.3 is 0 Å². The molecular formula is C14H23NO3. The van der Waals surface area contributed by atoms with Gasteiger partial charge in [0.2, 0.25) is 0 Å². The van der Waals surface area contributed by atoms with E-state index in [1.165, 1.54) is 5.56 Å². The van der Waals surface area contributed by atoms with Gasteiger partial charge in [-0.1, -0.05) is 12.1 Å². The summed E-state index contributed by atoms with van der Waals surface area (Å²) in [4.78, 5) is 0. The third-order valence-corrected chi connectivity index (χ3v) is 2.69. The molecule has 1 atom stereocenters. The Balaban J connectivity index is 2.27. The van der Waals surface area contributed by atoms with Crippen LogP contribution in [0.25, 0.3) is 0 Å². The highest BCUT2D eigenvalue weighted by Gasteiger charge is 2.01. The van der Waals surface area contributed by atoms with Gasteiger partial charge in [0.25, 0.3) is 0 Å². The number of aliphatic hydroxyl groups is 1. The molecule has 1 rings (SSSR count). The molecule has 2 N–H and O–H groups in total. The van der Waals surface area contributed by atoms with Crippen LogP contribution in [-0.2, 0) is 11.2 Å². The highest BCUT2D eigenvalue weighted by molar-refractivity contribution is 5.27. The summed E-state index contributed by atoms with van der Waals surface area (Å²) in [7, 11) is 1.97. The van der Waals surface area contributed by atoms with Gasteiger partial charge in [0.15, 0.2) is 0 Å². The predicted octanol–water partition coefficient (Wildman–Crippen LogP) is 1.22. The first-order valence-corrected chi connectivity index (χ1v) is 6.34. The maximum atomic E-state index is 8.53. The van der Waals surface area contributed by atoms with E-state index in [0.29, 0.717) is 25.9 Å². The van der Waals surface area contributed by atoms with Crippen LogP contribution in [0.3, 0.4) is 0 Å². The Hall–Kier alpha value is -1.10. The van der Waals surface area contributed by atoms with E-state index in [4.69, 9.17) is 14.6 Å². The number of hydrogen-bond donors (Lipinski definition) is 2. The molecule has 0 heterocycles. The minimum absolute atomic E-state index is 0.0539. The Morgan fingerprint density at radius 3 is 2.50 bits per heavy atom. The molecule has 0 saturated carbocycles. The summed E-state index contributed by atoms with van der Waals surface area (Å²) >= 11 is 0. The van der Waals surface area contributed by atoms with Crippen molar-refractivity contribution in [3.63, 3.8) is 0 Å². The first-order chi connectivity index (χ1) is 8.76. The van der Waals surface area contributed by atoms with Crippen molar-refractivity contribution in [3.8, 4) is 5.75 Å². The first-order valence-electron chi connectivity index (χ1n) is 6.34. The first kappa shape index (κ1) is 15.0. The molecule has 0 aliphatic carbocycles. The molecule has 18 heavy (non-hydrogen) atoms. The fourth-order valence-electron chi connectivity index (χ4n) is 1.56. The Bertz CT molecular complexity index is 313. The van der Waals surface area contributed by atoms with Crippen LogP contribution in [0, 0.1) is 0 Å². The standard InChI is InChI=1S/C14H23NO3/c1-12(15-2)11-13-3-5-14(6-4-13)18-10-9-17-8-7-16/h3-6,12,15-16H,7-11H2,1-2H3. The lowest BCUT2D eigenvalue weighted by molar-refractivity contribution is 0.0705. The van der Waals surface area contributed by atoms with Gasteiger partial charge in [-0.25, -0.2) is 0 Å². The third-order valence-electron chi connectivity index (χ3n) is 2.69. The minimum atomic E-state index is 0.0539. The van der Waals surface area contributed by atoms with Crippen LogP contribution in [0.4, 0.5) is 0 Å². The molecular weight excluding hydrogens is 230 g/mol. The van der Waals surface area contributed by atoms with Crippen molar-refractivity contribution in [1.82, 2.24) is 5.32 Å². The molecule has 102 valence electrons. The second-order valence-electron chi connectivity index (χ2n) is 4.22. The SMILES string of the molecule is CNC(C)Cc1ccc(OCCOCCO)cc1. The summed E-state index contributed by atoms with van der Waals surface area (Å²) in [5.74, 6) is 0.850. The van der Waals surface area contributed by atoms with E-state index in [2.05, 4.69) is 24.4 Å². The summed E-state index contributed by atoms with van der Waals surface area (Å²) in [6, 6.07) is 8.59. The zero-order valence-corrected chi connectivity index (χ0v) is 11.2. The fourth-order valence-corrected chi connectivity index (χ4v) is 1.56. The van der Waals surface area contributed by atoms with Crippen LogP contribution in [0.15, 0.2) is 24.3 Å². The van der Waals surface area contributed by atoms with Gasteiger partial charge in [0.05, 0.1) is 19.8 Å².